The molecule has 0 aliphatic heterocycles. The maximum atomic E-state index is 5.02. The molecule has 130 valence electrons. The summed E-state index contributed by atoms with van der Waals surface area (Å²) >= 11 is 1.90. The van der Waals surface area contributed by atoms with Crippen molar-refractivity contribution in [1.29, 1.82) is 0 Å². The highest BCUT2D eigenvalue weighted by atomic mass is 32.2. The van der Waals surface area contributed by atoms with Crippen molar-refractivity contribution in [3.63, 3.8) is 0 Å². The third-order valence-corrected chi connectivity index (χ3v) is 4.04. The Labute approximate surface area is 144 Å². The summed E-state index contributed by atoms with van der Waals surface area (Å²) in [6, 6.07) is 8.42. The highest BCUT2D eigenvalue weighted by molar-refractivity contribution is 7.98. The first kappa shape index (κ1) is 19.6. The first-order chi connectivity index (χ1) is 11.3. The molecule has 6 heteroatoms. The van der Waals surface area contributed by atoms with E-state index in [2.05, 4.69) is 51.5 Å². The average molecular weight is 339 g/mol. The van der Waals surface area contributed by atoms with E-state index in [-0.39, 0.29) is 0 Å². The van der Waals surface area contributed by atoms with Gasteiger partial charge >= 0.3 is 0 Å². The summed E-state index contributed by atoms with van der Waals surface area (Å²) in [5, 5.41) is 10.00. The van der Waals surface area contributed by atoms with Crippen molar-refractivity contribution < 1.29 is 4.74 Å². The van der Waals surface area contributed by atoms with Crippen molar-refractivity contribution in [3.8, 4) is 0 Å². The van der Waals surface area contributed by atoms with E-state index in [0.29, 0.717) is 6.61 Å². The monoisotopic (exact) mass is 338 g/mol. The van der Waals surface area contributed by atoms with E-state index in [1.165, 1.54) is 24.2 Å². The Morgan fingerprint density at radius 3 is 2.57 bits per heavy atom. The molecule has 0 aliphatic carbocycles. The van der Waals surface area contributed by atoms with Crippen LogP contribution in [-0.4, -0.2) is 51.8 Å². The van der Waals surface area contributed by atoms with E-state index < -0.39 is 0 Å². The minimum absolute atomic E-state index is 0.711. The van der Waals surface area contributed by atoms with E-state index in [0.717, 1.165) is 31.3 Å². The molecule has 0 aromatic heterocycles. The van der Waals surface area contributed by atoms with Crippen molar-refractivity contribution in [1.82, 2.24) is 10.6 Å². The molecule has 0 radical (unpaired) electrons. The summed E-state index contributed by atoms with van der Waals surface area (Å²) < 4.78 is 5.02. The predicted molar refractivity (Wildman–Crippen MR) is 103 cm³/mol. The Morgan fingerprint density at radius 1 is 1.13 bits per heavy atom. The first-order valence-corrected chi connectivity index (χ1v) is 9.44. The summed E-state index contributed by atoms with van der Waals surface area (Å²) in [7, 11) is 3.51. The van der Waals surface area contributed by atoms with Crippen molar-refractivity contribution in [3.05, 3.63) is 29.8 Å². The van der Waals surface area contributed by atoms with Crippen LogP contribution in [0, 0.1) is 0 Å². The minimum atomic E-state index is 0.711. The number of anilines is 1. The molecule has 0 saturated carbocycles. The molecule has 23 heavy (non-hydrogen) atoms. The van der Waals surface area contributed by atoms with Crippen LogP contribution >= 0.6 is 11.8 Å². The summed E-state index contributed by atoms with van der Waals surface area (Å²) in [5.74, 6) is 2.08. The molecule has 0 aliphatic rings. The van der Waals surface area contributed by atoms with Gasteiger partial charge in [-0.25, -0.2) is 0 Å². The maximum Gasteiger partial charge on any atom is 0.191 e. The van der Waals surface area contributed by atoms with Crippen LogP contribution in [0.1, 0.15) is 18.4 Å². The Balaban J connectivity index is 2.26. The Hall–Kier alpha value is -1.40. The molecule has 1 aromatic rings. The molecular formula is C17H30N4OS. The van der Waals surface area contributed by atoms with Crippen LogP contribution in [0.25, 0.3) is 0 Å². The largest absolute Gasteiger partial charge is 0.383 e. The van der Waals surface area contributed by atoms with Gasteiger partial charge in [0.1, 0.15) is 0 Å². The average Bonchev–Trinajstić information content (AvgIpc) is 2.59. The van der Waals surface area contributed by atoms with Crippen LogP contribution in [0.4, 0.5) is 5.69 Å². The number of hydrogen-bond acceptors (Lipinski definition) is 4. The zero-order valence-electron chi connectivity index (χ0n) is 14.5. The van der Waals surface area contributed by atoms with Crippen molar-refractivity contribution in [2.75, 3.05) is 51.2 Å². The quantitative estimate of drug-likeness (QED) is 0.329. The fourth-order valence-corrected chi connectivity index (χ4v) is 2.52. The molecule has 3 N–H and O–H groups in total. The third-order valence-electron chi connectivity index (χ3n) is 3.34. The molecule has 0 fully saturated rings. The van der Waals surface area contributed by atoms with Crippen molar-refractivity contribution in [2.24, 2.45) is 4.99 Å². The molecule has 0 heterocycles. The Morgan fingerprint density at radius 2 is 1.91 bits per heavy atom. The standard InChI is InChI=1S/C17H30N4OS/c1-18-17(20-10-4-5-13-23-3)21-14-15-6-8-16(9-7-15)19-11-12-22-2/h6-9,19H,4-5,10-14H2,1-3H3,(H2,18,20,21). The number of nitrogens with one attached hydrogen (secondary N) is 3. The highest BCUT2D eigenvalue weighted by Gasteiger charge is 1.99. The Kier molecular flexibility index (Phi) is 11.2. The van der Waals surface area contributed by atoms with Crippen LogP contribution in [0.2, 0.25) is 0 Å². The number of thioether (sulfide) groups is 1. The number of guanidine groups is 1. The normalized spacial score (nSPS) is 11.3. The molecular weight excluding hydrogens is 308 g/mol. The number of unbranched alkanes of at least 4 members (excludes halogenated alkanes) is 1. The molecule has 5 nitrogen and oxygen atoms in total. The minimum Gasteiger partial charge on any atom is -0.383 e. The molecule has 0 spiro atoms. The van der Waals surface area contributed by atoms with E-state index in [9.17, 15) is 0 Å². The van der Waals surface area contributed by atoms with Gasteiger partial charge in [-0.05, 0) is 42.5 Å². The van der Waals surface area contributed by atoms with Crippen LogP contribution in [0.3, 0.4) is 0 Å². The SMILES string of the molecule is CN=C(NCCCCSC)NCc1ccc(NCCOC)cc1. The molecule has 1 aromatic carbocycles. The molecule has 0 unspecified atom stereocenters. The van der Waals surface area contributed by atoms with Gasteiger partial charge < -0.3 is 20.7 Å². The van der Waals surface area contributed by atoms with E-state index in [4.69, 9.17) is 4.74 Å². The zero-order chi connectivity index (χ0) is 16.8. The molecule has 0 atom stereocenters. The summed E-state index contributed by atoms with van der Waals surface area (Å²) in [5.41, 5.74) is 2.34. The van der Waals surface area contributed by atoms with Crippen LogP contribution in [-0.2, 0) is 11.3 Å². The smallest absolute Gasteiger partial charge is 0.191 e. The van der Waals surface area contributed by atoms with Gasteiger partial charge in [0.2, 0.25) is 0 Å². The van der Waals surface area contributed by atoms with E-state index in [1.54, 1.807) is 14.2 Å². The zero-order valence-corrected chi connectivity index (χ0v) is 15.3. The predicted octanol–water partition coefficient (Wildman–Crippen LogP) is 2.55. The van der Waals surface area contributed by atoms with Gasteiger partial charge in [-0.1, -0.05) is 12.1 Å². The van der Waals surface area contributed by atoms with E-state index >= 15 is 0 Å². The molecule has 0 bridgehead atoms. The van der Waals surface area contributed by atoms with Gasteiger partial charge in [0.25, 0.3) is 0 Å². The molecule has 0 saturated heterocycles. The third kappa shape index (κ3) is 9.36. The summed E-state index contributed by atoms with van der Waals surface area (Å²) in [4.78, 5) is 4.25. The van der Waals surface area contributed by atoms with Crippen LogP contribution in [0.15, 0.2) is 29.3 Å². The lowest BCUT2D eigenvalue weighted by Crippen LogP contribution is -2.37. The van der Waals surface area contributed by atoms with Crippen molar-refractivity contribution in [2.45, 2.75) is 19.4 Å². The number of ether oxygens (including phenoxy) is 1. The summed E-state index contributed by atoms with van der Waals surface area (Å²) in [6.45, 7) is 3.26. The van der Waals surface area contributed by atoms with Crippen molar-refractivity contribution >= 4 is 23.4 Å². The van der Waals surface area contributed by atoms with Gasteiger partial charge in [-0.3, -0.25) is 4.99 Å². The van der Waals surface area contributed by atoms with Gasteiger partial charge in [0, 0.05) is 39.5 Å². The number of hydrogen-bond donors (Lipinski definition) is 3. The fourth-order valence-electron chi connectivity index (χ4n) is 2.02. The topological polar surface area (TPSA) is 57.7 Å². The van der Waals surface area contributed by atoms with Gasteiger partial charge in [-0.15, -0.1) is 0 Å². The van der Waals surface area contributed by atoms with E-state index in [1.807, 2.05) is 11.8 Å². The fraction of sp³-hybridized carbons (Fsp3) is 0.588. The number of benzene rings is 1. The lowest BCUT2D eigenvalue weighted by atomic mass is 10.2. The summed E-state index contributed by atoms with van der Waals surface area (Å²) in [6.07, 6.45) is 4.55. The lowest BCUT2D eigenvalue weighted by molar-refractivity contribution is 0.211. The second-order valence-corrected chi connectivity index (χ2v) is 6.15. The van der Waals surface area contributed by atoms with Gasteiger partial charge in [0.05, 0.1) is 6.61 Å². The maximum absolute atomic E-state index is 5.02. The number of nitrogens with zero attached hydrogens (tertiary/aromatic N) is 1. The highest BCUT2D eigenvalue weighted by Crippen LogP contribution is 2.09. The van der Waals surface area contributed by atoms with Gasteiger partial charge in [0.15, 0.2) is 5.96 Å². The number of rotatable bonds is 11. The second-order valence-electron chi connectivity index (χ2n) is 5.17. The number of methoxy groups -OCH3 is 1. The first-order valence-electron chi connectivity index (χ1n) is 8.05. The second kappa shape index (κ2) is 13.1. The van der Waals surface area contributed by atoms with Crippen LogP contribution < -0.4 is 16.0 Å². The van der Waals surface area contributed by atoms with Gasteiger partial charge in [-0.2, -0.15) is 11.8 Å². The van der Waals surface area contributed by atoms with Crippen LogP contribution in [0.5, 0.6) is 0 Å². The lowest BCUT2D eigenvalue weighted by Gasteiger charge is -2.12. The Bertz CT molecular complexity index is 437. The number of aliphatic imine (C=N–C) groups is 1. The molecule has 0 amide bonds. The molecule has 1 rings (SSSR count).